The number of benzene rings is 1. The number of rotatable bonds is 6. The second kappa shape index (κ2) is 7.72. The average Bonchev–Trinajstić information content (AvgIpc) is 3.21. The van der Waals surface area contributed by atoms with Crippen molar-refractivity contribution in [3.8, 4) is 5.69 Å². The van der Waals surface area contributed by atoms with Crippen molar-refractivity contribution >= 4 is 5.91 Å². The molecule has 138 valence electrons. The van der Waals surface area contributed by atoms with Gasteiger partial charge in [-0.15, -0.1) is 0 Å². The third kappa shape index (κ3) is 4.06. The van der Waals surface area contributed by atoms with Crippen LogP contribution in [0.15, 0.2) is 67.3 Å². The van der Waals surface area contributed by atoms with Crippen molar-refractivity contribution in [1.82, 2.24) is 20.1 Å². The van der Waals surface area contributed by atoms with Crippen molar-refractivity contribution in [3.63, 3.8) is 0 Å². The summed E-state index contributed by atoms with van der Waals surface area (Å²) in [5.41, 5.74) is 2.57. The van der Waals surface area contributed by atoms with Crippen LogP contribution in [-0.2, 0) is 6.42 Å². The molecule has 1 fully saturated rings. The summed E-state index contributed by atoms with van der Waals surface area (Å²) in [7, 11) is 0. The molecule has 4 rings (SSSR count). The van der Waals surface area contributed by atoms with Crippen LogP contribution in [0.4, 0.5) is 0 Å². The van der Waals surface area contributed by atoms with Crippen molar-refractivity contribution in [1.29, 1.82) is 0 Å². The molecule has 0 saturated heterocycles. The van der Waals surface area contributed by atoms with E-state index in [1.54, 1.807) is 29.3 Å². The van der Waals surface area contributed by atoms with Crippen molar-refractivity contribution in [2.45, 2.75) is 31.4 Å². The summed E-state index contributed by atoms with van der Waals surface area (Å²) in [5, 5.41) is 17.1. The number of aromatic nitrogens is 3. The van der Waals surface area contributed by atoms with Crippen LogP contribution in [0.2, 0.25) is 0 Å². The maximum atomic E-state index is 12.9. The minimum atomic E-state index is -0.255. The molecule has 2 aromatic heterocycles. The Morgan fingerprint density at radius 3 is 2.70 bits per heavy atom. The predicted octanol–water partition coefficient (Wildman–Crippen LogP) is 2.38. The fourth-order valence-corrected chi connectivity index (χ4v) is 3.53. The largest absolute Gasteiger partial charge is 0.393 e. The van der Waals surface area contributed by atoms with Gasteiger partial charge < -0.3 is 10.4 Å². The Morgan fingerprint density at radius 2 is 2.00 bits per heavy atom. The zero-order valence-corrected chi connectivity index (χ0v) is 14.9. The summed E-state index contributed by atoms with van der Waals surface area (Å²) in [5.74, 6) is 0.177. The number of hydrogen-bond acceptors (Lipinski definition) is 4. The van der Waals surface area contributed by atoms with Crippen LogP contribution in [0.5, 0.6) is 0 Å². The van der Waals surface area contributed by atoms with Gasteiger partial charge >= 0.3 is 0 Å². The van der Waals surface area contributed by atoms with Crippen LogP contribution in [0, 0.1) is 5.92 Å². The first-order chi connectivity index (χ1) is 13.2. The van der Waals surface area contributed by atoms with E-state index < -0.39 is 0 Å². The van der Waals surface area contributed by atoms with Gasteiger partial charge in [-0.05, 0) is 67.1 Å². The smallest absolute Gasteiger partial charge is 0.251 e. The van der Waals surface area contributed by atoms with Crippen molar-refractivity contribution in [2.24, 2.45) is 5.92 Å². The first-order valence-corrected chi connectivity index (χ1v) is 9.17. The molecule has 1 aliphatic rings. The van der Waals surface area contributed by atoms with Crippen LogP contribution in [0.1, 0.15) is 28.8 Å². The van der Waals surface area contributed by atoms with Gasteiger partial charge in [-0.1, -0.05) is 6.07 Å². The Bertz CT molecular complexity index is 890. The number of pyridine rings is 1. The Kier molecular flexibility index (Phi) is 4.98. The minimum absolute atomic E-state index is 0.0170. The monoisotopic (exact) mass is 362 g/mol. The van der Waals surface area contributed by atoms with Crippen LogP contribution >= 0.6 is 0 Å². The predicted molar refractivity (Wildman–Crippen MR) is 101 cm³/mol. The number of aliphatic hydroxyl groups excluding tert-OH is 1. The zero-order valence-electron chi connectivity index (χ0n) is 14.9. The van der Waals surface area contributed by atoms with Crippen molar-refractivity contribution in [2.75, 3.05) is 0 Å². The number of aliphatic hydroxyl groups is 1. The SMILES string of the molecule is O=C(N[C@H](Cc1ccncc1)C1CC(O)C1)c1cccc(-n2cccn2)c1. The number of carbonyl (C=O) groups excluding carboxylic acids is 1. The third-order valence-corrected chi connectivity index (χ3v) is 5.12. The molecule has 6 nitrogen and oxygen atoms in total. The van der Waals surface area contributed by atoms with Gasteiger partial charge in [0.15, 0.2) is 0 Å². The van der Waals surface area contributed by atoms with E-state index >= 15 is 0 Å². The molecule has 0 radical (unpaired) electrons. The van der Waals surface area contributed by atoms with E-state index in [-0.39, 0.29) is 24.0 Å². The van der Waals surface area contributed by atoms with Gasteiger partial charge in [-0.3, -0.25) is 9.78 Å². The maximum Gasteiger partial charge on any atom is 0.251 e. The number of nitrogens with zero attached hydrogens (tertiary/aromatic N) is 3. The van der Waals surface area contributed by atoms with Gasteiger partial charge in [0.05, 0.1) is 11.8 Å². The van der Waals surface area contributed by atoms with E-state index in [9.17, 15) is 9.90 Å². The standard InChI is InChI=1S/C21H22N4O2/c26-19-13-17(14-19)20(11-15-5-8-22-9-6-15)24-21(27)16-3-1-4-18(12-16)25-10-2-7-23-25/h1-10,12,17,19-20,26H,11,13-14H2,(H,24,27)/t17?,19?,20-/m1/s1. The Labute approximate surface area is 157 Å². The molecular formula is C21H22N4O2. The number of hydrogen-bond donors (Lipinski definition) is 2. The van der Waals surface area contributed by atoms with E-state index in [1.165, 1.54) is 0 Å². The van der Waals surface area contributed by atoms with Gasteiger partial charge in [-0.25, -0.2) is 4.68 Å². The molecule has 27 heavy (non-hydrogen) atoms. The van der Waals surface area contributed by atoms with E-state index in [0.29, 0.717) is 5.56 Å². The van der Waals surface area contributed by atoms with Crippen LogP contribution in [0.3, 0.4) is 0 Å². The molecule has 1 aliphatic carbocycles. The molecule has 1 saturated carbocycles. The highest BCUT2D eigenvalue weighted by molar-refractivity contribution is 5.95. The lowest BCUT2D eigenvalue weighted by atomic mass is 9.75. The van der Waals surface area contributed by atoms with Gasteiger partial charge in [0.25, 0.3) is 5.91 Å². The molecule has 0 unspecified atom stereocenters. The van der Waals surface area contributed by atoms with E-state index in [2.05, 4.69) is 15.4 Å². The summed E-state index contributed by atoms with van der Waals surface area (Å²) in [6.45, 7) is 0. The van der Waals surface area contributed by atoms with Crippen LogP contribution in [0.25, 0.3) is 5.69 Å². The molecule has 0 aliphatic heterocycles. The molecule has 1 aromatic carbocycles. The highest BCUT2D eigenvalue weighted by Gasteiger charge is 2.34. The molecule has 2 N–H and O–H groups in total. The molecule has 6 heteroatoms. The minimum Gasteiger partial charge on any atom is -0.393 e. The summed E-state index contributed by atoms with van der Waals surface area (Å²) in [6.07, 6.45) is 9.00. The second-order valence-corrected chi connectivity index (χ2v) is 7.03. The van der Waals surface area contributed by atoms with Gasteiger partial charge in [0.2, 0.25) is 0 Å². The number of nitrogens with one attached hydrogen (secondary N) is 1. The molecule has 2 heterocycles. The summed E-state index contributed by atoms with van der Waals surface area (Å²) >= 11 is 0. The summed E-state index contributed by atoms with van der Waals surface area (Å²) in [4.78, 5) is 16.9. The van der Waals surface area contributed by atoms with E-state index in [4.69, 9.17) is 0 Å². The highest BCUT2D eigenvalue weighted by atomic mass is 16.3. The first kappa shape index (κ1) is 17.4. The van der Waals surface area contributed by atoms with Crippen molar-refractivity contribution in [3.05, 3.63) is 78.4 Å². The van der Waals surface area contributed by atoms with Gasteiger partial charge in [0.1, 0.15) is 0 Å². The molecule has 1 atom stereocenters. The lowest BCUT2D eigenvalue weighted by Gasteiger charge is -2.38. The third-order valence-electron chi connectivity index (χ3n) is 5.12. The molecular weight excluding hydrogens is 340 g/mol. The lowest BCUT2D eigenvalue weighted by molar-refractivity contribution is 0.0239. The van der Waals surface area contributed by atoms with Crippen molar-refractivity contribution < 1.29 is 9.90 Å². The van der Waals surface area contributed by atoms with Gasteiger partial charge in [-0.2, -0.15) is 5.10 Å². The topological polar surface area (TPSA) is 80.0 Å². The highest BCUT2D eigenvalue weighted by Crippen LogP contribution is 2.32. The number of amides is 1. The molecule has 0 spiro atoms. The van der Waals surface area contributed by atoms with Crippen LogP contribution in [-0.4, -0.2) is 37.9 Å². The molecule has 1 amide bonds. The van der Waals surface area contributed by atoms with E-state index in [1.807, 2.05) is 42.6 Å². The molecule has 3 aromatic rings. The summed E-state index contributed by atoms with van der Waals surface area (Å²) in [6, 6.07) is 13.2. The Morgan fingerprint density at radius 1 is 1.19 bits per heavy atom. The van der Waals surface area contributed by atoms with Crippen LogP contribution < -0.4 is 5.32 Å². The fraction of sp³-hybridized carbons (Fsp3) is 0.286. The number of carbonyl (C=O) groups is 1. The zero-order chi connectivity index (χ0) is 18.6. The lowest BCUT2D eigenvalue weighted by Crippen LogP contribution is -2.48. The first-order valence-electron chi connectivity index (χ1n) is 9.17. The molecule has 0 bridgehead atoms. The fourth-order valence-electron chi connectivity index (χ4n) is 3.53. The second-order valence-electron chi connectivity index (χ2n) is 7.03. The Balaban J connectivity index is 1.50. The normalized spacial score (nSPS) is 19.9. The van der Waals surface area contributed by atoms with E-state index in [0.717, 1.165) is 30.5 Å². The summed E-state index contributed by atoms with van der Waals surface area (Å²) < 4.78 is 1.73. The van der Waals surface area contributed by atoms with Gasteiger partial charge in [0, 0.05) is 36.4 Å². The average molecular weight is 362 g/mol. The quantitative estimate of drug-likeness (QED) is 0.706. The maximum absolute atomic E-state index is 12.9. The Hall–Kier alpha value is -2.99.